The molecular formula is C17H16FN5O. The Bertz CT molecular complexity index is 819. The average Bonchev–Trinajstić information content (AvgIpc) is 3.07. The zero-order valence-electron chi connectivity index (χ0n) is 12.9. The third kappa shape index (κ3) is 4.01. The van der Waals surface area contributed by atoms with Crippen LogP contribution >= 0.6 is 0 Å². The molecule has 0 radical (unpaired) electrons. The molecule has 0 fully saturated rings. The molecule has 122 valence electrons. The normalized spacial score (nSPS) is 10.5. The first-order valence-electron chi connectivity index (χ1n) is 7.53. The van der Waals surface area contributed by atoms with Crippen molar-refractivity contribution in [1.82, 2.24) is 25.3 Å². The van der Waals surface area contributed by atoms with Crippen molar-refractivity contribution < 1.29 is 9.18 Å². The highest BCUT2D eigenvalue weighted by atomic mass is 19.1. The molecule has 7 heteroatoms. The van der Waals surface area contributed by atoms with Gasteiger partial charge in [-0.2, -0.15) is 0 Å². The molecule has 6 nitrogen and oxygen atoms in total. The number of amides is 1. The van der Waals surface area contributed by atoms with Crippen LogP contribution in [0.3, 0.4) is 0 Å². The Morgan fingerprint density at radius 1 is 1.17 bits per heavy atom. The number of hydrogen-bond donors (Lipinski definition) is 1. The van der Waals surface area contributed by atoms with Crippen molar-refractivity contribution in [3.8, 4) is 0 Å². The minimum Gasteiger partial charge on any atom is -0.350 e. The third-order valence-corrected chi connectivity index (χ3v) is 3.51. The Hall–Kier alpha value is -3.09. The second-order valence-corrected chi connectivity index (χ2v) is 5.25. The minimum absolute atomic E-state index is 0.209. The number of carbonyl (C=O) groups excluding carboxylic acids is 1. The molecule has 0 saturated heterocycles. The van der Waals surface area contributed by atoms with E-state index in [9.17, 15) is 9.18 Å². The molecule has 0 bridgehead atoms. The Kier molecular flexibility index (Phi) is 4.90. The standard InChI is InChI=1S/C17H16FN5O/c18-15-4-2-1-3-14(15)11-23-12-16(21-22-23)17(24)20-10-7-13-5-8-19-9-6-13/h1-6,8-9,12H,7,10-11H2,(H,20,24). The maximum absolute atomic E-state index is 13.6. The molecule has 1 aromatic carbocycles. The quantitative estimate of drug-likeness (QED) is 0.750. The Labute approximate surface area is 138 Å². The third-order valence-electron chi connectivity index (χ3n) is 3.51. The smallest absolute Gasteiger partial charge is 0.273 e. The number of aromatic nitrogens is 4. The van der Waals surface area contributed by atoms with Crippen LogP contribution in [-0.4, -0.2) is 32.4 Å². The van der Waals surface area contributed by atoms with E-state index < -0.39 is 0 Å². The Balaban J connectivity index is 1.55. The summed E-state index contributed by atoms with van der Waals surface area (Å²) in [7, 11) is 0. The van der Waals surface area contributed by atoms with Crippen molar-refractivity contribution in [3.05, 3.63) is 77.6 Å². The molecule has 3 rings (SSSR count). The lowest BCUT2D eigenvalue weighted by molar-refractivity contribution is 0.0949. The second-order valence-electron chi connectivity index (χ2n) is 5.25. The van der Waals surface area contributed by atoms with Crippen LogP contribution in [0.5, 0.6) is 0 Å². The van der Waals surface area contributed by atoms with Gasteiger partial charge in [-0.15, -0.1) is 5.10 Å². The fourth-order valence-electron chi connectivity index (χ4n) is 2.24. The van der Waals surface area contributed by atoms with Crippen LogP contribution in [0, 0.1) is 5.82 Å². The topological polar surface area (TPSA) is 72.7 Å². The van der Waals surface area contributed by atoms with Gasteiger partial charge in [0.05, 0.1) is 12.7 Å². The van der Waals surface area contributed by atoms with Crippen molar-refractivity contribution in [1.29, 1.82) is 0 Å². The van der Waals surface area contributed by atoms with E-state index >= 15 is 0 Å². The number of carbonyl (C=O) groups is 1. The SMILES string of the molecule is O=C(NCCc1ccncc1)c1cn(Cc2ccccc2F)nn1. The molecule has 0 saturated carbocycles. The summed E-state index contributed by atoms with van der Waals surface area (Å²) in [4.78, 5) is 16.0. The fraction of sp³-hybridized carbons (Fsp3) is 0.176. The maximum Gasteiger partial charge on any atom is 0.273 e. The predicted octanol–water partition coefficient (Wildman–Crippen LogP) is 1.83. The number of nitrogens with zero attached hydrogens (tertiary/aromatic N) is 4. The lowest BCUT2D eigenvalue weighted by atomic mass is 10.2. The summed E-state index contributed by atoms with van der Waals surface area (Å²) in [5.41, 5.74) is 1.79. The van der Waals surface area contributed by atoms with Crippen LogP contribution in [0.25, 0.3) is 0 Å². The van der Waals surface area contributed by atoms with Gasteiger partial charge in [-0.25, -0.2) is 9.07 Å². The van der Waals surface area contributed by atoms with Gasteiger partial charge in [-0.1, -0.05) is 23.4 Å². The van der Waals surface area contributed by atoms with Crippen molar-refractivity contribution in [2.45, 2.75) is 13.0 Å². The summed E-state index contributed by atoms with van der Waals surface area (Å²) in [6, 6.07) is 10.2. The summed E-state index contributed by atoms with van der Waals surface area (Å²) in [6.45, 7) is 0.715. The maximum atomic E-state index is 13.6. The van der Waals surface area contributed by atoms with E-state index in [0.29, 0.717) is 18.5 Å². The fourth-order valence-corrected chi connectivity index (χ4v) is 2.24. The summed E-state index contributed by atoms with van der Waals surface area (Å²) in [5.74, 6) is -0.611. The van der Waals surface area contributed by atoms with Gasteiger partial charge in [0.1, 0.15) is 5.82 Å². The molecular weight excluding hydrogens is 309 g/mol. The molecule has 3 aromatic rings. The van der Waals surface area contributed by atoms with Crippen molar-refractivity contribution in [2.24, 2.45) is 0 Å². The number of pyridine rings is 1. The van der Waals surface area contributed by atoms with Gasteiger partial charge in [0.15, 0.2) is 5.69 Å². The van der Waals surface area contributed by atoms with Gasteiger partial charge < -0.3 is 5.32 Å². The van der Waals surface area contributed by atoms with Gasteiger partial charge >= 0.3 is 0 Å². The molecule has 1 N–H and O–H groups in total. The van der Waals surface area contributed by atoms with E-state index in [0.717, 1.165) is 5.56 Å². The molecule has 24 heavy (non-hydrogen) atoms. The van der Waals surface area contributed by atoms with E-state index in [-0.39, 0.29) is 24.0 Å². The highest BCUT2D eigenvalue weighted by Gasteiger charge is 2.11. The van der Waals surface area contributed by atoms with Gasteiger partial charge in [0, 0.05) is 24.5 Å². The Morgan fingerprint density at radius 3 is 2.75 bits per heavy atom. The van der Waals surface area contributed by atoms with Crippen LogP contribution in [-0.2, 0) is 13.0 Å². The summed E-state index contributed by atoms with van der Waals surface area (Å²) in [5, 5.41) is 10.5. The van der Waals surface area contributed by atoms with Gasteiger partial charge in [0.25, 0.3) is 5.91 Å². The Morgan fingerprint density at radius 2 is 1.96 bits per heavy atom. The number of nitrogens with one attached hydrogen (secondary N) is 1. The summed E-state index contributed by atoms with van der Waals surface area (Å²) >= 11 is 0. The monoisotopic (exact) mass is 325 g/mol. The van der Waals surface area contributed by atoms with Gasteiger partial charge in [-0.05, 0) is 30.2 Å². The molecule has 2 aromatic heterocycles. The van der Waals surface area contributed by atoms with E-state index in [4.69, 9.17) is 0 Å². The molecule has 0 unspecified atom stereocenters. The lowest BCUT2D eigenvalue weighted by Crippen LogP contribution is -2.26. The summed E-state index contributed by atoms with van der Waals surface area (Å²) in [6.07, 6.45) is 5.64. The van der Waals surface area contributed by atoms with Crippen molar-refractivity contribution in [3.63, 3.8) is 0 Å². The number of rotatable bonds is 6. The van der Waals surface area contributed by atoms with Crippen LogP contribution in [0.1, 0.15) is 21.6 Å². The molecule has 0 aliphatic rings. The van der Waals surface area contributed by atoms with Crippen LogP contribution in [0.15, 0.2) is 55.0 Å². The van der Waals surface area contributed by atoms with Gasteiger partial charge in [-0.3, -0.25) is 9.78 Å². The van der Waals surface area contributed by atoms with E-state index in [2.05, 4.69) is 20.6 Å². The van der Waals surface area contributed by atoms with Crippen molar-refractivity contribution >= 4 is 5.91 Å². The van der Waals surface area contributed by atoms with Gasteiger partial charge in [0.2, 0.25) is 0 Å². The first-order valence-corrected chi connectivity index (χ1v) is 7.53. The van der Waals surface area contributed by atoms with Crippen LogP contribution in [0.4, 0.5) is 4.39 Å². The van der Waals surface area contributed by atoms with Crippen molar-refractivity contribution in [2.75, 3.05) is 6.54 Å². The van der Waals surface area contributed by atoms with E-state index in [1.54, 1.807) is 30.6 Å². The minimum atomic E-state index is -0.309. The van der Waals surface area contributed by atoms with E-state index in [1.165, 1.54) is 16.9 Å². The molecule has 2 heterocycles. The zero-order chi connectivity index (χ0) is 16.8. The number of benzene rings is 1. The number of halogens is 1. The molecule has 0 atom stereocenters. The molecule has 0 aliphatic heterocycles. The van der Waals surface area contributed by atoms with Crippen LogP contribution < -0.4 is 5.32 Å². The predicted molar refractivity (Wildman–Crippen MR) is 85.8 cm³/mol. The molecule has 0 spiro atoms. The zero-order valence-corrected chi connectivity index (χ0v) is 12.9. The highest BCUT2D eigenvalue weighted by Crippen LogP contribution is 2.08. The summed E-state index contributed by atoms with van der Waals surface area (Å²) < 4.78 is 15.1. The van der Waals surface area contributed by atoms with E-state index in [1.807, 2.05) is 12.1 Å². The average molecular weight is 325 g/mol. The first-order chi connectivity index (χ1) is 11.7. The molecule has 1 amide bonds. The van der Waals surface area contributed by atoms with Crippen LogP contribution in [0.2, 0.25) is 0 Å². The first kappa shape index (κ1) is 15.8. The largest absolute Gasteiger partial charge is 0.350 e. The second kappa shape index (κ2) is 7.45. The lowest BCUT2D eigenvalue weighted by Gasteiger charge is -2.03. The molecule has 0 aliphatic carbocycles. The number of hydrogen-bond acceptors (Lipinski definition) is 4. The highest BCUT2D eigenvalue weighted by molar-refractivity contribution is 5.91.